The number of nitrogens with zero attached hydrogens (tertiary/aromatic N) is 1. The molecule has 0 radical (unpaired) electrons. The summed E-state index contributed by atoms with van der Waals surface area (Å²) in [4.78, 5) is 26.1. The van der Waals surface area contributed by atoms with Crippen molar-refractivity contribution in [1.82, 2.24) is 5.32 Å². The third kappa shape index (κ3) is 3.78. The van der Waals surface area contributed by atoms with Crippen molar-refractivity contribution in [3.63, 3.8) is 0 Å². The first-order valence-corrected chi connectivity index (χ1v) is 9.80. The predicted octanol–water partition coefficient (Wildman–Crippen LogP) is 3.58. The lowest BCUT2D eigenvalue weighted by Gasteiger charge is -2.41. The highest BCUT2D eigenvalue weighted by atomic mass is 16.5. The van der Waals surface area contributed by atoms with Crippen LogP contribution in [0.25, 0.3) is 0 Å². The van der Waals surface area contributed by atoms with Crippen molar-refractivity contribution >= 4 is 17.6 Å². The molecule has 0 saturated heterocycles. The predicted molar refractivity (Wildman–Crippen MR) is 102 cm³/mol. The van der Waals surface area contributed by atoms with Crippen molar-refractivity contribution in [2.45, 2.75) is 70.5 Å². The van der Waals surface area contributed by atoms with Crippen LogP contribution in [-0.4, -0.2) is 31.1 Å². The fourth-order valence-corrected chi connectivity index (χ4v) is 4.47. The zero-order valence-corrected chi connectivity index (χ0v) is 16.0. The van der Waals surface area contributed by atoms with Gasteiger partial charge in [-0.3, -0.25) is 9.59 Å². The zero-order valence-electron chi connectivity index (χ0n) is 16.0. The minimum Gasteiger partial charge on any atom is -0.469 e. The van der Waals surface area contributed by atoms with Crippen molar-refractivity contribution in [3.05, 3.63) is 29.8 Å². The second kappa shape index (κ2) is 8.21. The van der Waals surface area contributed by atoms with Crippen LogP contribution in [0.1, 0.15) is 64.0 Å². The molecular formula is C21H30N2O3. The molecule has 0 spiro atoms. The van der Waals surface area contributed by atoms with E-state index in [1.165, 1.54) is 12.7 Å². The van der Waals surface area contributed by atoms with Crippen LogP contribution in [0.4, 0.5) is 5.69 Å². The number of rotatable bonds is 4. The Morgan fingerprint density at radius 1 is 1.19 bits per heavy atom. The summed E-state index contributed by atoms with van der Waals surface area (Å²) in [6.07, 6.45) is 5.19. The minimum absolute atomic E-state index is 0.0493. The Kier molecular flexibility index (Phi) is 5.97. The topological polar surface area (TPSA) is 58.6 Å². The first-order valence-electron chi connectivity index (χ1n) is 9.80. The molecular weight excluding hydrogens is 328 g/mol. The van der Waals surface area contributed by atoms with E-state index >= 15 is 0 Å². The molecule has 5 heteroatoms. The Hall–Kier alpha value is -1.88. The van der Waals surface area contributed by atoms with E-state index in [1.807, 2.05) is 24.0 Å². The van der Waals surface area contributed by atoms with Gasteiger partial charge in [0.15, 0.2) is 0 Å². The van der Waals surface area contributed by atoms with E-state index in [9.17, 15) is 9.59 Å². The van der Waals surface area contributed by atoms with E-state index in [4.69, 9.17) is 4.74 Å². The van der Waals surface area contributed by atoms with E-state index < -0.39 is 0 Å². The number of carbonyl (C=O) groups is 2. The molecule has 2 aliphatic rings. The molecule has 1 aliphatic carbocycles. The van der Waals surface area contributed by atoms with Crippen LogP contribution in [0.3, 0.4) is 0 Å². The molecule has 0 unspecified atom stereocenters. The van der Waals surface area contributed by atoms with Gasteiger partial charge in [0.2, 0.25) is 5.91 Å². The van der Waals surface area contributed by atoms with Crippen LogP contribution in [0.15, 0.2) is 24.3 Å². The van der Waals surface area contributed by atoms with Crippen LogP contribution < -0.4 is 10.2 Å². The number of para-hydroxylation sites is 1. The Morgan fingerprint density at radius 2 is 1.88 bits per heavy atom. The summed E-state index contributed by atoms with van der Waals surface area (Å²) in [6, 6.07) is 9.09. The summed E-state index contributed by atoms with van der Waals surface area (Å²) in [5.74, 6) is 0.157. The van der Waals surface area contributed by atoms with Gasteiger partial charge in [0, 0.05) is 30.2 Å². The normalized spacial score (nSPS) is 28.3. The summed E-state index contributed by atoms with van der Waals surface area (Å²) >= 11 is 0. The van der Waals surface area contributed by atoms with E-state index in [0.717, 1.165) is 37.8 Å². The maximum atomic E-state index is 12.4. The number of carbonyl (C=O) groups excluding carboxylic acids is 2. The van der Waals surface area contributed by atoms with Crippen molar-refractivity contribution in [2.24, 2.45) is 5.92 Å². The number of hydrogen-bond acceptors (Lipinski definition) is 4. The number of anilines is 1. The molecule has 1 heterocycles. The molecule has 142 valence electrons. The summed E-state index contributed by atoms with van der Waals surface area (Å²) < 4.78 is 4.88. The maximum Gasteiger partial charge on any atom is 0.308 e. The van der Waals surface area contributed by atoms with Crippen molar-refractivity contribution < 1.29 is 14.3 Å². The van der Waals surface area contributed by atoms with Gasteiger partial charge in [-0.05, 0) is 50.7 Å². The van der Waals surface area contributed by atoms with Gasteiger partial charge in [-0.2, -0.15) is 0 Å². The molecule has 1 amide bonds. The van der Waals surface area contributed by atoms with E-state index in [0.29, 0.717) is 12.5 Å². The summed E-state index contributed by atoms with van der Waals surface area (Å²) in [5.41, 5.74) is 2.25. The van der Waals surface area contributed by atoms with Crippen molar-refractivity contribution in [1.29, 1.82) is 0 Å². The van der Waals surface area contributed by atoms with Crippen LogP contribution in [0, 0.1) is 5.92 Å². The molecule has 0 bridgehead atoms. The van der Waals surface area contributed by atoms with E-state index in [1.54, 1.807) is 0 Å². The maximum absolute atomic E-state index is 12.4. The van der Waals surface area contributed by atoms with Gasteiger partial charge >= 0.3 is 5.97 Å². The largest absolute Gasteiger partial charge is 0.469 e. The van der Waals surface area contributed by atoms with Crippen LogP contribution in [0.5, 0.6) is 0 Å². The van der Waals surface area contributed by atoms with Crippen LogP contribution in [0.2, 0.25) is 0 Å². The Bertz CT molecular complexity index is 652. The lowest BCUT2D eigenvalue weighted by molar-refractivity contribution is -0.146. The molecule has 2 atom stereocenters. The SMILES string of the molecule is CCC(=O)N1c2ccccc2[C@H](NC2CCC(C(=O)OC)CC2)C[C@@H]1C. The number of benzene rings is 1. The highest BCUT2D eigenvalue weighted by Crippen LogP contribution is 2.38. The number of hydrogen-bond donors (Lipinski definition) is 1. The van der Waals surface area contributed by atoms with Gasteiger partial charge in [-0.25, -0.2) is 0 Å². The van der Waals surface area contributed by atoms with Crippen LogP contribution in [-0.2, 0) is 14.3 Å². The fourth-order valence-electron chi connectivity index (χ4n) is 4.47. The summed E-state index contributed by atoms with van der Waals surface area (Å²) in [7, 11) is 1.47. The lowest BCUT2D eigenvalue weighted by Crippen LogP contribution is -2.47. The first kappa shape index (κ1) is 18.9. The molecule has 26 heavy (non-hydrogen) atoms. The first-order chi connectivity index (χ1) is 12.5. The number of amides is 1. The minimum atomic E-state index is -0.0752. The molecule has 1 N–H and O–H groups in total. The Balaban J connectivity index is 1.71. The van der Waals surface area contributed by atoms with Crippen LogP contribution >= 0.6 is 0 Å². The molecule has 1 fully saturated rings. The number of fused-ring (bicyclic) bond motifs is 1. The monoisotopic (exact) mass is 358 g/mol. The van der Waals surface area contributed by atoms with E-state index in [-0.39, 0.29) is 29.9 Å². The highest BCUT2D eigenvalue weighted by Gasteiger charge is 2.35. The van der Waals surface area contributed by atoms with Gasteiger partial charge in [0.1, 0.15) is 0 Å². The average molecular weight is 358 g/mol. The molecule has 1 aromatic rings. The number of esters is 1. The zero-order chi connectivity index (χ0) is 18.7. The molecule has 0 aromatic heterocycles. The summed E-state index contributed by atoms with van der Waals surface area (Å²) in [5, 5.41) is 3.81. The van der Waals surface area contributed by atoms with Crippen molar-refractivity contribution in [3.8, 4) is 0 Å². The van der Waals surface area contributed by atoms with Gasteiger partial charge in [0.05, 0.1) is 13.0 Å². The third-order valence-corrected chi connectivity index (χ3v) is 5.86. The van der Waals surface area contributed by atoms with Gasteiger partial charge < -0.3 is 15.0 Å². The smallest absolute Gasteiger partial charge is 0.308 e. The standard InChI is InChI=1S/C21H30N2O3/c1-4-20(24)23-14(2)13-18(17-7-5-6-8-19(17)23)22-16-11-9-15(10-12-16)21(25)26-3/h5-8,14-16,18,22H,4,9-13H2,1-3H3/t14-,15?,16?,18+/m0/s1. The third-order valence-electron chi connectivity index (χ3n) is 5.86. The number of methoxy groups -OCH3 is 1. The Labute approximate surface area is 156 Å². The second-order valence-electron chi connectivity index (χ2n) is 7.55. The second-order valence-corrected chi connectivity index (χ2v) is 7.55. The van der Waals surface area contributed by atoms with Gasteiger partial charge in [0.25, 0.3) is 0 Å². The highest BCUT2D eigenvalue weighted by molar-refractivity contribution is 5.95. The Morgan fingerprint density at radius 3 is 2.54 bits per heavy atom. The lowest BCUT2D eigenvalue weighted by atomic mass is 9.84. The number of nitrogens with one attached hydrogen (secondary N) is 1. The summed E-state index contributed by atoms with van der Waals surface area (Å²) in [6.45, 7) is 4.05. The molecule has 1 aromatic carbocycles. The fraction of sp³-hybridized carbons (Fsp3) is 0.619. The van der Waals surface area contributed by atoms with Gasteiger partial charge in [-0.15, -0.1) is 0 Å². The van der Waals surface area contributed by atoms with E-state index in [2.05, 4.69) is 24.4 Å². The molecule has 5 nitrogen and oxygen atoms in total. The molecule has 1 saturated carbocycles. The van der Waals surface area contributed by atoms with Crippen molar-refractivity contribution in [2.75, 3.05) is 12.0 Å². The molecule has 3 rings (SSSR count). The molecule has 1 aliphatic heterocycles. The quantitative estimate of drug-likeness (QED) is 0.836. The number of ether oxygens (including phenoxy) is 1. The average Bonchev–Trinajstić information content (AvgIpc) is 2.67. The van der Waals surface area contributed by atoms with Gasteiger partial charge in [-0.1, -0.05) is 25.1 Å².